The van der Waals surface area contributed by atoms with Crippen LogP contribution in [0.3, 0.4) is 0 Å². The van der Waals surface area contributed by atoms with Gasteiger partial charge in [0, 0.05) is 18.7 Å². The first kappa shape index (κ1) is 13.9. The summed E-state index contributed by atoms with van der Waals surface area (Å²) in [6, 6.07) is 7.54. The van der Waals surface area contributed by atoms with Gasteiger partial charge in [-0.15, -0.1) is 0 Å². The monoisotopic (exact) mass is 323 g/mol. The van der Waals surface area contributed by atoms with Crippen molar-refractivity contribution in [3.05, 3.63) is 40.1 Å². The summed E-state index contributed by atoms with van der Waals surface area (Å²) in [4.78, 5) is 0. The number of hydrogen-bond acceptors (Lipinski definition) is 3. The number of benzene rings is 1. The van der Waals surface area contributed by atoms with Gasteiger partial charge in [-0.3, -0.25) is 4.68 Å². The van der Waals surface area contributed by atoms with Gasteiger partial charge < -0.3 is 10.5 Å². The van der Waals surface area contributed by atoms with Gasteiger partial charge in [-0.05, 0) is 41.9 Å². The molecule has 2 N–H and O–H groups in total. The van der Waals surface area contributed by atoms with Crippen LogP contribution in [-0.4, -0.2) is 16.4 Å². The molecule has 0 bridgehead atoms. The lowest BCUT2D eigenvalue weighted by molar-refractivity contribution is 0.299. The van der Waals surface area contributed by atoms with Crippen molar-refractivity contribution in [2.45, 2.75) is 26.8 Å². The van der Waals surface area contributed by atoms with E-state index in [1.165, 1.54) is 0 Å². The van der Waals surface area contributed by atoms with Crippen LogP contribution in [0.1, 0.15) is 17.8 Å². The third-order valence-corrected chi connectivity index (χ3v) is 4.13. The zero-order valence-corrected chi connectivity index (χ0v) is 12.8. The standard InChI is InChI=1S/C14H18BrN3O/c1-10-14(15)11(2)18(17-10)8-5-9-19-13-7-4-3-6-12(13)16/h3-4,6-7H,5,8-9,16H2,1-2H3. The number of nitrogens with zero attached hydrogens (tertiary/aromatic N) is 2. The summed E-state index contributed by atoms with van der Waals surface area (Å²) >= 11 is 3.52. The Hall–Kier alpha value is -1.49. The number of aromatic nitrogens is 2. The van der Waals surface area contributed by atoms with E-state index in [9.17, 15) is 0 Å². The molecular weight excluding hydrogens is 306 g/mol. The van der Waals surface area contributed by atoms with E-state index >= 15 is 0 Å². The van der Waals surface area contributed by atoms with Crippen LogP contribution in [0.2, 0.25) is 0 Å². The lowest BCUT2D eigenvalue weighted by atomic mass is 10.3. The number of hydrogen-bond donors (Lipinski definition) is 1. The van der Waals surface area contributed by atoms with Crippen LogP contribution < -0.4 is 10.5 Å². The predicted octanol–water partition coefficient (Wildman–Crippen LogP) is 3.31. The zero-order valence-electron chi connectivity index (χ0n) is 11.2. The first-order valence-electron chi connectivity index (χ1n) is 6.26. The maximum atomic E-state index is 5.81. The van der Waals surface area contributed by atoms with Crippen molar-refractivity contribution in [3.63, 3.8) is 0 Å². The van der Waals surface area contributed by atoms with E-state index in [4.69, 9.17) is 10.5 Å². The Balaban J connectivity index is 1.84. The Morgan fingerprint density at radius 3 is 2.68 bits per heavy atom. The third-order valence-electron chi connectivity index (χ3n) is 2.98. The van der Waals surface area contributed by atoms with E-state index in [-0.39, 0.29) is 0 Å². The van der Waals surface area contributed by atoms with Crippen LogP contribution in [-0.2, 0) is 6.54 Å². The molecule has 0 aliphatic rings. The minimum atomic E-state index is 0.629. The molecule has 0 saturated heterocycles. The number of ether oxygens (including phenoxy) is 1. The van der Waals surface area contributed by atoms with Gasteiger partial charge in [0.05, 0.1) is 22.5 Å². The average molecular weight is 324 g/mol. The number of aryl methyl sites for hydroxylation is 2. The van der Waals surface area contributed by atoms with E-state index < -0.39 is 0 Å². The first-order valence-corrected chi connectivity index (χ1v) is 7.05. The summed E-state index contributed by atoms with van der Waals surface area (Å²) in [5, 5.41) is 4.46. The fourth-order valence-corrected chi connectivity index (χ4v) is 2.19. The van der Waals surface area contributed by atoms with Gasteiger partial charge in [0.1, 0.15) is 5.75 Å². The summed E-state index contributed by atoms with van der Waals surface area (Å²) in [5.74, 6) is 0.747. The number of para-hydroxylation sites is 2. The molecule has 4 nitrogen and oxygen atoms in total. The van der Waals surface area contributed by atoms with Crippen molar-refractivity contribution in [2.75, 3.05) is 12.3 Å². The van der Waals surface area contributed by atoms with Crippen LogP contribution in [0, 0.1) is 13.8 Å². The van der Waals surface area contributed by atoms with Crippen LogP contribution >= 0.6 is 15.9 Å². The maximum absolute atomic E-state index is 5.81. The molecule has 0 spiro atoms. The molecule has 0 unspecified atom stereocenters. The largest absolute Gasteiger partial charge is 0.491 e. The van der Waals surface area contributed by atoms with Gasteiger partial charge in [-0.2, -0.15) is 5.10 Å². The quantitative estimate of drug-likeness (QED) is 0.678. The van der Waals surface area contributed by atoms with Crippen molar-refractivity contribution in [3.8, 4) is 5.75 Å². The molecule has 1 aromatic heterocycles. The smallest absolute Gasteiger partial charge is 0.142 e. The average Bonchev–Trinajstić information content (AvgIpc) is 2.64. The first-order chi connectivity index (χ1) is 9.09. The number of anilines is 1. The van der Waals surface area contributed by atoms with Gasteiger partial charge in [0.2, 0.25) is 0 Å². The van der Waals surface area contributed by atoms with Gasteiger partial charge in [-0.25, -0.2) is 0 Å². The minimum Gasteiger partial charge on any atom is -0.491 e. The number of rotatable bonds is 5. The molecule has 2 aromatic rings. The van der Waals surface area contributed by atoms with Crippen molar-refractivity contribution in [2.24, 2.45) is 0 Å². The lowest BCUT2D eigenvalue weighted by Crippen LogP contribution is -2.08. The van der Waals surface area contributed by atoms with E-state index in [2.05, 4.69) is 28.0 Å². The highest BCUT2D eigenvalue weighted by Gasteiger charge is 2.08. The van der Waals surface area contributed by atoms with E-state index in [0.717, 1.165) is 34.6 Å². The lowest BCUT2D eigenvalue weighted by Gasteiger charge is -2.09. The molecule has 0 aliphatic heterocycles. The molecule has 1 aromatic carbocycles. The molecule has 0 amide bonds. The fraction of sp³-hybridized carbons (Fsp3) is 0.357. The SMILES string of the molecule is Cc1nn(CCCOc2ccccc2N)c(C)c1Br. The van der Waals surface area contributed by atoms with Gasteiger partial charge in [-0.1, -0.05) is 12.1 Å². The summed E-state index contributed by atoms with van der Waals surface area (Å²) < 4.78 is 8.74. The van der Waals surface area contributed by atoms with Crippen LogP contribution in [0.5, 0.6) is 5.75 Å². The number of nitrogens with two attached hydrogens (primary N) is 1. The molecule has 2 rings (SSSR count). The van der Waals surface area contributed by atoms with Crippen LogP contribution in [0.15, 0.2) is 28.7 Å². The molecule has 0 fully saturated rings. The Labute approximate surface area is 121 Å². The Morgan fingerprint density at radius 1 is 1.32 bits per heavy atom. The Bertz CT molecular complexity index is 566. The molecule has 0 radical (unpaired) electrons. The zero-order chi connectivity index (χ0) is 13.8. The summed E-state index contributed by atoms with van der Waals surface area (Å²) in [6.07, 6.45) is 0.892. The topological polar surface area (TPSA) is 53.1 Å². The van der Waals surface area contributed by atoms with Crippen molar-refractivity contribution in [1.82, 2.24) is 9.78 Å². The number of nitrogen functional groups attached to an aromatic ring is 1. The Morgan fingerprint density at radius 2 is 2.05 bits per heavy atom. The molecule has 19 heavy (non-hydrogen) atoms. The fourth-order valence-electron chi connectivity index (χ4n) is 1.90. The molecule has 0 atom stereocenters. The minimum absolute atomic E-state index is 0.629. The highest BCUT2D eigenvalue weighted by Crippen LogP contribution is 2.21. The maximum Gasteiger partial charge on any atom is 0.142 e. The highest BCUT2D eigenvalue weighted by atomic mass is 79.9. The summed E-state index contributed by atoms with van der Waals surface area (Å²) in [7, 11) is 0. The molecule has 0 aliphatic carbocycles. The Kier molecular flexibility index (Phi) is 4.47. The van der Waals surface area contributed by atoms with Crippen LogP contribution in [0.25, 0.3) is 0 Å². The van der Waals surface area contributed by atoms with Crippen molar-refractivity contribution >= 4 is 21.6 Å². The molecule has 5 heteroatoms. The second kappa shape index (κ2) is 6.10. The normalized spacial score (nSPS) is 10.7. The summed E-state index contributed by atoms with van der Waals surface area (Å²) in [6.45, 7) is 5.52. The second-order valence-electron chi connectivity index (χ2n) is 4.45. The molecule has 1 heterocycles. The summed E-state index contributed by atoms with van der Waals surface area (Å²) in [5.41, 5.74) is 8.66. The van der Waals surface area contributed by atoms with Gasteiger partial charge >= 0.3 is 0 Å². The predicted molar refractivity (Wildman–Crippen MR) is 80.4 cm³/mol. The molecule has 102 valence electrons. The highest BCUT2D eigenvalue weighted by molar-refractivity contribution is 9.10. The van der Waals surface area contributed by atoms with Gasteiger partial charge in [0.25, 0.3) is 0 Å². The van der Waals surface area contributed by atoms with E-state index in [1.54, 1.807) is 0 Å². The number of halogens is 1. The molecular formula is C14H18BrN3O. The molecule has 0 saturated carbocycles. The van der Waals surface area contributed by atoms with Crippen molar-refractivity contribution < 1.29 is 4.74 Å². The third kappa shape index (κ3) is 3.29. The van der Waals surface area contributed by atoms with Gasteiger partial charge in [0.15, 0.2) is 0 Å². The van der Waals surface area contributed by atoms with E-state index in [1.807, 2.05) is 35.9 Å². The van der Waals surface area contributed by atoms with E-state index in [0.29, 0.717) is 12.3 Å². The van der Waals surface area contributed by atoms with Crippen molar-refractivity contribution in [1.29, 1.82) is 0 Å². The van der Waals surface area contributed by atoms with Crippen LogP contribution in [0.4, 0.5) is 5.69 Å². The second-order valence-corrected chi connectivity index (χ2v) is 5.24.